The van der Waals surface area contributed by atoms with Gasteiger partial charge in [0.25, 0.3) is 0 Å². The van der Waals surface area contributed by atoms with Gasteiger partial charge in [-0.1, -0.05) is 18.6 Å². The van der Waals surface area contributed by atoms with Crippen LogP contribution in [-0.4, -0.2) is 21.5 Å². The summed E-state index contributed by atoms with van der Waals surface area (Å²) in [5.74, 6) is 0. The Labute approximate surface area is 91.1 Å². The minimum absolute atomic E-state index is 0.589. The number of aryl methyl sites for hydroxylation is 1. The fraction of sp³-hybridized carbons (Fsp3) is 0.818. The predicted molar refractivity (Wildman–Crippen MR) is 59.3 cm³/mol. The quantitative estimate of drug-likeness (QED) is 0.797. The lowest BCUT2D eigenvalue weighted by Crippen LogP contribution is -2.39. The maximum atomic E-state index is 3.91. The van der Waals surface area contributed by atoms with E-state index in [0.29, 0.717) is 5.41 Å². The third-order valence-corrected chi connectivity index (χ3v) is 3.78. The van der Waals surface area contributed by atoms with Crippen molar-refractivity contribution in [2.24, 2.45) is 12.5 Å². The molecule has 15 heavy (non-hydrogen) atoms. The second kappa shape index (κ2) is 4.31. The molecule has 0 atom stereocenters. The summed E-state index contributed by atoms with van der Waals surface area (Å²) in [5.41, 5.74) is 1.74. The molecule has 0 radical (unpaired) electrons. The van der Waals surface area contributed by atoms with Crippen molar-refractivity contribution in [2.45, 2.75) is 39.2 Å². The van der Waals surface area contributed by atoms with E-state index >= 15 is 0 Å². The number of rotatable bonds is 5. The molecule has 1 aromatic heterocycles. The zero-order valence-electron chi connectivity index (χ0n) is 9.66. The van der Waals surface area contributed by atoms with Gasteiger partial charge in [0.2, 0.25) is 0 Å². The highest BCUT2D eigenvalue weighted by Gasteiger charge is 2.34. The first-order valence-electron chi connectivity index (χ1n) is 5.80. The van der Waals surface area contributed by atoms with E-state index in [2.05, 4.69) is 22.6 Å². The SMILES string of the molecule is CCC1(CNCc2cnnn2C)CCC1. The Kier molecular flexibility index (Phi) is 3.05. The van der Waals surface area contributed by atoms with E-state index in [1.165, 1.54) is 25.7 Å². The number of hydrogen-bond donors (Lipinski definition) is 1. The van der Waals surface area contributed by atoms with Gasteiger partial charge in [0.05, 0.1) is 11.9 Å². The molecule has 0 aliphatic heterocycles. The van der Waals surface area contributed by atoms with E-state index < -0.39 is 0 Å². The standard InChI is InChI=1S/C11H20N4/c1-3-11(5-4-6-11)9-12-7-10-8-13-14-15(10)2/h8,12H,3-7,9H2,1-2H3. The van der Waals surface area contributed by atoms with Gasteiger partial charge in [0.15, 0.2) is 0 Å². The Hall–Kier alpha value is -0.900. The highest BCUT2D eigenvalue weighted by molar-refractivity contribution is 4.94. The van der Waals surface area contributed by atoms with Gasteiger partial charge in [-0.15, -0.1) is 5.10 Å². The van der Waals surface area contributed by atoms with Gasteiger partial charge >= 0.3 is 0 Å². The molecule has 4 heteroatoms. The molecule has 1 aliphatic rings. The van der Waals surface area contributed by atoms with Crippen LogP contribution in [-0.2, 0) is 13.6 Å². The second-order valence-corrected chi connectivity index (χ2v) is 4.66. The van der Waals surface area contributed by atoms with Crippen molar-refractivity contribution in [1.29, 1.82) is 0 Å². The topological polar surface area (TPSA) is 42.7 Å². The van der Waals surface area contributed by atoms with Crippen molar-refractivity contribution in [3.8, 4) is 0 Å². The monoisotopic (exact) mass is 208 g/mol. The van der Waals surface area contributed by atoms with Crippen molar-refractivity contribution in [1.82, 2.24) is 20.3 Å². The Morgan fingerprint density at radius 3 is 2.80 bits per heavy atom. The van der Waals surface area contributed by atoms with Crippen molar-refractivity contribution < 1.29 is 0 Å². The number of aromatic nitrogens is 3. The molecule has 1 aliphatic carbocycles. The first-order valence-corrected chi connectivity index (χ1v) is 5.80. The smallest absolute Gasteiger partial charge is 0.0738 e. The molecule has 0 bridgehead atoms. The molecule has 2 rings (SSSR count). The van der Waals surface area contributed by atoms with Crippen LogP contribution >= 0.6 is 0 Å². The third kappa shape index (κ3) is 2.20. The molecule has 0 unspecified atom stereocenters. The Bertz CT molecular complexity index is 309. The fourth-order valence-electron chi connectivity index (χ4n) is 2.26. The average molecular weight is 208 g/mol. The zero-order valence-corrected chi connectivity index (χ0v) is 9.66. The van der Waals surface area contributed by atoms with E-state index in [9.17, 15) is 0 Å². The van der Waals surface area contributed by atoms with Crippen molar-refractivity contribution in [3.63, 3.8) is 0 Å². The molecular weight excluding hydrogens is 188 g/mol. The summed E-state index contributed by atoms with van der Waals surface area (Å²) >= 11 is 0. The van der Waals surface area contributed by atoms with E-state index in [-0.39, 0.29) is 0 Å². The van der Waals surface area contributed by atoms with Crippen LogP contribution < -0.4 is 5.32 Å². The van der Waals surface area contributed by atoms with Gasteiger partial charge in [0.1, 0.15) is 0 Å². The Balaban J connectivity index is 1.77. The minimum atomic E-state index is 0.589. The maximum Gasteiger partial charge on any atom is 0.0738 e. The van der Waals surface area contributed by atoms with E-state index in [1.807, 2.05) is 17.9 Å². The molecule has 1 N–H and O–H groups in total. The summed E-state index contributed by atoms with van der Waals surface area (Å²) in [5, 5.41) is 11.3. The third-order valence-electron chi connectivity index (χ3n) is 3.78. The van der Waals surface area contributed by atoms with Gasteiger partial charge in [-0.05, 0) is 24.7 Å². The zero-order chi connectivity index (χ0) is 10.7. The van der Waals surface area contributed by atoms with Crippen molar-refractivity contribution in [3.05, 3.63) is 11.9 Å². The maximum absolute atomic E-state index is 3.91. The summed E-state index contributed by atoms with van der Waals surface area (Å²) < 4.78 is 1.83. The predicted octanol–water partition coefficient (Wildman–Crippen LogP) is 1.48. The van der Waals surface area contributed by atoms with Gasteiger partial charge in [-0.3, -0.25) is 4.68 Å². The van der Waals surface area contributed by atoms with Crippen LogP contribution in [0.4, 0.5) is 0 Å². The van der Waals surface area contributed by atoms with E-state index in [0.717, 1.165) is 18.8 Å². The number of nitrogens with one attached hydrogen (secondary N) is 1. The molecule has 0 saturated heterocycles. The molecule has 0 aromatic carbocycles. The highest BCUT2D eigenvalue weighted by Crippen LogP contribution is 2.43. The average Bonchev–Trinajstić information content (AvgIpc) is 2.57. The van der Waals surface area contributed by atoms with Crippen molar-refractivity contribution in [2.75, 3.05) is 6.54 Å². The van der Waals surface area contributed by atoms with Crippen LogP contribution in [0.5, 0.6) is 0 Å². The van der Waals surface area contributed by atoms with E-state index in [4.69, 9.17) is 0 Å². The fourth-order valence-corrected chi connectivity index (χ4v) is 2.26. The van der Waals surface area contributed by atoms with E-state index in [1.54, 1.807) is 0 Å². The van der Waals surface area contributed by atoms with Gasteiger partial charge in [-0.25, -0.2) is 0 Å². The summed E-state index contributed by atoms with van der Waals surface area (Å²) in [7, 11) is 1.93. The first-order chi connectivity index (χ1) is 7.26. The Morgan fingerprint density at radius 1 is 1.53 bits per heavy atom. The van der Waals surface area contributed by atoms with Crippen LogP contribution in [0.3, 0.4) is 0 Å². The molecule has 0 amide bonds. The molecular formula is C11H20N4. The van der Waals surface area contributed by atoms with Gasteiger partial charge < -0.3 is 5.32 Å². The molecule has 4 nitrogen and oxygen atoms in total. The summed E-state index contributed by atoms with van der Waals surface area (Å²) in [4.78, 5) is 0. The van der Waals surface area contributed by atoms with Crippen LogP contribution in [0.2, 0.25) is 0 Å². The van der Waals surface area contributed by atoms with Crippen LogP contribution in [0.1, 0.15) is 38.3 Å². The first kappa shape index (κ1) is 10.6. The minimum Gasteiger partial charge on any atom is -0.311 e. The summed E-state index contributed by atoms with van der Waals surface area (Å²) in [6.07, 6.45) is 7.30. The lowest BCUT2D eigenvalue weighted by Gasteiger charge is -2.41. The Morgan fingerprint density at radius 2 is 2.33 bits per heavy atom. The van der Waals surface area contributed by atoms with Crippen molar-refractivity contribution >= 4 is 0 Å². The molecule has 1 heterocycles. The molecule has 0 spiro atoms. The number of nitrogens with zero attached hydrogens (tertiary/aromatic N) is 3. The molecule has 84 valence electrons. The molecule has 1 saturated carbocycles. The lowest BCUT2D eigenvalue weighted by atomic mass is 9.67. The normalized spacial score (nSPS) is 18.8. The molecule has 1 aromatic rings. The van der Waals surface area contributed by atoms with Crippen LogP contribution in [0, 0.1) is 5.41 Å². The summed E-state index contributed by atoms with van der Waals surface area (Å²) in [6.45, 7) is 4.31. The second-order valence-electron chi connectivity index (χ2n) is 4.66. The number of hydrogen-bond acceptors (Lipinski definition) is 3. The lowest BCUT2D eigenvalue weighted by molar-refractivity contribution is 0.123. The summed E-state index contributed by atoms with van der Waals surface area (Å²) in [6, 6.07) is 0. The largest absolute Gasteiger partial charge is 0.311 e. The van der Waals surface area contributed by atoms with Crippen LogP contribution in [0.25, 0.3) is 0 Å². The van der Waals surface area contributed by atoms with Crippen LogP contribution in [0.15, 0.2) is 6.20 Å². The van der Waals surface area contributed by atoms with Gasteiger partial charge in [-0.2, -0.15) is 0 Å². The highest BCUT2D eigenvalue weighted by atomic mass is 15.4. The molecule has 1 fully saturated rings. The van der Waals surface area contributed by atoms with Gasteiger partial charge in [0, 0.05) is 20.1 Å².